The summed E-state index contributed by atoms with van der Waals surface area (Å²) in [5.74, 6) is 0.688. The monoisotopic (exact) mass is 471 g/mol. The predicted octanol–water partition coefficient (Wildman–Crippen LogP) is 4.06. The number of nitrogens with one attached hydrogen (secondary N) is 1. The van der Waals surface area contributed by atoms with Gasteiger partial charge in [0, 0.05) is 15.5 Å². The van der Waals surface area contributed by atoms with E-state index < -0.39 is 10.0 Å². The highest BCUT2D eigenvalue weighted by molar-refractivity contribution is 9.11. The second kappa shape index (κ2) is 6.95. The van der Waals surface area contributed by atoms with Crippen LogP contribution in [0.25, 0.3) is 11.0 Å². The molecule has 24 heavy (non-hydrogen) atoms. The Labute approximate surface area is 157 Å². The van der Waals surface area contributed by atoms with Crippen molar-refractivity contribution in [2.75, 3.05) is 0 Å². The van der Waals surface area contributed by atoms with Gasteiger partial charge in [0.1, 0.15) is 5.82 Å². The number of benzene rings is 2. The summed E-state index contributed by atoms with van der Waals surface area (Å²) in [5.41, 5.74) is 1.86. The van der Waals surface area contributed by atoms with E-state index in [-0.39, 0.29) is 11.4 Å². The molecule has 0 saturated heterocycles. The largest absolute Gasteiger partial charge is 0.327 e. The van der Waals surface area contributed by atoms with Crippen molar-refractivity contribution in [3.05, 3.63) is 57.2 Å². The van der Waals surface area contributed by atoms with Gasteiger partial charge in [-0.2, -0.15) is 0 Å². The van der Waals surface area contributed by atoms with Crippen LogP contribution in [0.2, 0.25) is 0 Å². The molecule has 0 unspecified atom stereocenters. The van der Waals surface area contributed by atoms with Crippen LogP contribution >= 0.6 is 31.9 Å². The van der Waals surface area contributed by atoms with E-state index in [0.29, 0.717) is 14.8 Å². The predicted molar refractivity (Wildman–Crippen MR) is 101 cm³/mol. The summed E-state index contributed by atoms with van der Waals surface area (Å²) in [5, 5.41) is 0. The smallest absolute Gasteiger partial charge is 0.242 e. The van der Waals surface area contributed by atoms with Crippen LogP contribution in [0.1, 0.15) is 12.7 Å². The summed E-state index contributed by atoms with van der Waals surface area (Å²) < 4.78 is 31.0. The SMILES string of the molecule is CCn1c(CNS(=O)(=O)c2cc(Br)ccc2Br)nc2ccccc21. The van der Waals surface area contributed by atoms with Crippen LogP contribution in [-0.2, 0) is 23.1 Å². The topological polar surface area (TPSA) is 64.0 Å². The zero-order chi connectivity index (χ0) is 17.3. The summed E-state index contributed by atoms with van der Waals surface area (Å²) in [6.45, 7) is 2.86. The Morgan fingerprint density at radius 2 is 1.92 bits per heavy atom. The summed E-state index contributed by atoms with van der Waals surface area (Å²) in [4.78, 5) is 4.73. The first-order chi connectivity index (χ1) is 11.4. The average molecular weight is 473 g/mol. The minimum absolute atomic E-state index is 0.129. The van der Waals surface area contributed by atoms with Gasteiger partial charge in [0.2, 0.25) is 10.0 Å². The molecule has 8 heteroatoms. The lowest BCUT2D eigenvalue weighted by Crippen LogP contribution is -2.25. The van der Waals surface area contributed by atoms with Gasteiger partial charge in [-0.3, -0.25) is 0 Å². The van der Waals surface area contributed by atoms with Crippen molar-refractivity contribution < 1.29 is 8.42 Å². The summed E-state index contributed by atoms with van der Waals surface area (Å²) >= 11 is 6.59. The van der Waals surface area contributed by atoms with E-state index in [1.165, 1.54) is 0 Å². The molecule has 0 aliphatic rings. The first-order valence-corrected chi connectivity index (χ1v) is 10.4. The van der Waals surface area contributed by atoms with Gasteiger partial charge in [-0.05, 0) is 53.2 Å². The molecule has 0 aliphatic heterocycles. The van der Waals surface area contributed by atoms with Crippen molar-refractivity contribution in [1.82, 2.24) is 14.3 Å². The number of para-hydroxylation sites is 2. The van der Waals surface area contributed by atoms with Crippen molar-refractivity contribution in [2.24, 2.45) is 0 Å². The molecular weight excluding hydrogens is 458 g/mol. The summed E-state index contributed by atoms with van der Waals surface area (Å²) in [6, 6.07) is 12.8. The van der Waals surface area contributed by atoms with E-state index in [2.05, 4.69) is 41.6 Å². The molecule has 3 rings (SSSR count). The number of sulfonamides is 1. The van der Waals surface area contributed by atoms with Crippen LogP contribution in [0, 0.1) is 0 Å². The molecule has 0 amide bonds. The molecule has 5 nitrogen and oxygen atoms in total. The van der Waals surface area contributed by atoms with Gasteiger partial charge in [0.05, 0.1) is 22.5 Å². The second-order valence-electron chi connectivity index (χ2n) is 5.16. The second-order valence-corrected chi connectivity index (χ2v) is 8.67. The Morgan fingerprint density at radius 1 is 1.17 bits per heavy atom. The maximum absolute atomic E-state index is 12.6. The molecule has 1 N–H and O–H groups in total. The Balaban J connectivity index is 1.91. The first-order valence-electron chi connectivity index (χ1n) is 7.31. The molecule has 0 saturated carbocycles. The maximum Gasteiger partial charge on any atom is 0.242 e. The highest BCUT2D eigenvalue weighted by Crippen LogP contribution is 2.26. The van der Waals surface area contributed by atoms with Gasteiger partial charge in [-0.25, -0.2) is 18.1 Å². The highest BCUT2D eigenvalue weighted by Gasteiger charge is 2.19. The maximum atomic E-state index is 12.6. The number of imidazole rings is 1. The number of rotatable bonds is 5. The van der Waals surface area contributed by atoms with Gasteiger partial charge in [-0.15, -0.1) is 0 Å². The number of aromatic nitrogens is 2. The highest BCUT2D eigenvalue weighted by atomic mass is 79.9. The van der Waals surface area contributed by atoms with Crippen molar-refractivity contribution in [3.8, 4) is 0 Å². The fourth-order valence-corrected chi connectivity index (χ4v) is 5.01. The molecular formula is C16H15Br2N3O2S. The Morgan fingerprint density at radius 3 is 2.67 bits per heavy atom. The van der Waals surface area contributed by atoms with Crippen LogP contribution < -0.4 is 4.72 Å². The molecule has 0 aliphatic carbocycles. The minimum Gasteiger partial charge on any atom is -0.327 e. The van der Waals surface area contributed by atoms with Crippen LogP contribution in [0.4, 0.5) is 0 Å². The average Bonchev–Trinajstić information content (AvgIpc) is 2.92. The molecule has 2 aromatic carbocycles. The third kappa shape index (κ3) is 3.42. The van der Waals surface area contributed by atoms with Crippen LogP contribution in [0.3, 0.4) is 0 Å². The van der Waals surface area contributed by atoms with Gasteiger partial charge in [0.15, 0.2) is 0 Å². The molecule has 3 aromatic rings. The van der Waals surface area contributed by atoms with Crippen LogP contribution in [-0.4, -0.2) is 18.0 Å². The van der Waals surface area contributed by atoms with E-state index in [1.54, 1.807) is 18.2 Å². The molecule has 1 aromatic heterocycles. The van der Waals surface area contributed by atoms with E-state index in [0.717, 1.165) is 17.6 Å². The van der Waals surface area contributed by atoms with Crippen molar-refractivity contribution in [2.45, 2.75) is 24.9 Å². The number of hydrogen-bond acceptors (Lipinski definition) is 3. The first kappa shape index (κ1) is 17.6. The summed E-state index contributed by atoms with van der Waals surface area (Å²) in [7, 11) is -3.65. The third-order valence-corrected chi connectivity index (χ3v) is 6.54. The number of aryl methyl sites for hydroxylation is 1. The standard InChI is InChI=1S/C16H15Br2N3O2S/c1-2-21-14-6-4-3-5-13(14)20-16(21)10-19-24(22,23)15-9-11(17)7-8-12(15)18/h3-9,19H,2,10H2,1H3. The molecule has 0 atom stereocenters. The van der Waals surface area contributed by atoms with Crippen molar-refractivity contribution in [1.29, 1.82) is 0 Å². The Hall–Kier alpha value is -1.22. The fourth-order valence-electron chi connectivity index (χ4n) is 2.53. The molecule has 126 valence electrons. The molecule has 0 spiro atoms. The van der Waals surface area contributed by atoms with Gasteiger partial charge in [0.25, 0.3) is 0 Å². The van der Waals surface area contributed by atoms with Crippen molar-refractivity contribution >= 4 is 52.9 Å². The van der Waals surface area contributed by atoms with Gasteiger partial charge in [-0.1, -0.05) is 28.1 Å². The zero-order valence-electron chi connectivity index (χ0n) is 12.8. The van der Waals surface area contributed by atoms with Gasteiger partial charge >= 0.3 is 0 Å². The summed E-state index contributed by atoms with van der Waals surface area (Å²) in [6.07, 6.45) is 0. The molecule has 0 radical (unpaired) electrons. The van der Waals surface area contributed by atoms with Crippen molar-refractivity contribution in [3.63, 3.8) is 0 Å². The van der Waals surface area contributed by atoms with E-state index >= 15 is 0 Å². The minimum atomic E-state index is -3.65. The van der Waals surface area contributed by atoms with E-state index in [1.807, 2.05) is 35.8 Å². The lowest BCUT2D eigenvalue weighted by atomic mass is 10.3. The zero-order valence-corrected chi connectivity index (χ0v) is 16.8. The number of nitrogens with zero attached hydrogens (tertiary/aromatic N) is 2. The Kier molecular flexibility index (Phi) is 5.10. The molecule has 0 bridgehead atoms. The normalized spacial score (nSPS) is 12.0. The van der Waals surface area contributed by atoms with E-state index in [4.69, 9.17) is 0 Å². The van der Waals surface area contributed by atoms with E-state index in [9.17, 15) is 8.42 Å². The fraction of sp³-hybridized carbons (Fsp3) is 0.188. The molecule has 0 fully saturated rings. The lowest BCUT2D eigenvalue weighted by molar-refractivity contribution is 0.575. The Bertz CT molecular complexity index is 1000. The molecule has 1 heterocycles. The van der Waals surface area contributed by atoms with Crippen LogP contribution in [0.5, 0.6) is 0 Å². The number of halogens is 2. The third-order valence-electron chi connectivity index (χ3n) is 3.65. The van der Waals surface area contributed by atoms with Gasteiger partial charge < -0.3 is 4.57 Å². The van der Waals surface area contributed by atoms with Crippen LogP contribution in [0.15, 0.2) is 56.3 Å². The lowest BCUT2D eigenvalue weighted by Gasteiger charge is -2.10. The number of fused-ring (bicyclic) bond motifs is 1. The quantitative estimate of drug-likeness (QED) is 0.608. The number of hydrogen-bond donors (Lipinski definition) is 1.